The van der Waals surface area contributed by atoms with E-state index in [1.807, 2.05) is 0 Å². The number of ether oxygens (including phenoxy) is 1. The van der Waals surface area contributed by atoms with Crippen LogP contribution < -0.4 is 14.8 Å². The van der Waals surface area contributed by atoms with Crippen molar-refractivity contribution in [3.63, 3.8) is 0 Å². The third kappa shape index (κ3) is 4.32. The Morgan fingerprint density at radius 3 is 2.94 bits per heavy atom. The molecule has 0 aliphatic carbocycles. The highest BCUT2D eigenvalue weighted by atomic mass is 32.2. The fourth-order valence-corrected chi connectivity index (χ4v) is 4.76. The van der Waals surface area contributed by atoms with E-state index in [1.54, 1.807) is 6.07 Å². The molecule has 1 aromatic heterocycles. The highest BCUT2D eigenvalue weighted by Crippen LogP contribution is 2.34. The third-order valence-corrected chi connectivity index (χ3v) is 6.42. The molecule has 0 spiro atoms. The van der Waals surface area contributed by atoms with E-state index in [-0.39, 0.29) is 40.6 Å². The Labute approximate surface area is 178 Å². The number of fused-ring (bicyclic) bond motifs is 1. The summed E-state index contributed by atoms with van der Waals surface area (Å²) in [5, 5.41) is 22.1. The van der Waals surface area contributed by atoms with Gasteiger partial charge in [0.2, 0.25) is 10.0 Å². The van der Waals surface area contributed by atoms with Crippen molar-refractivity contribution in [3.05, 3.63) is 54.1 Å². The van der Waals surface area contributed by atoms with Crippen LogP contribution in [0.4, 0.5) is 10.1 Å². The van der Waals surface area contributed by atoms with Gasteiger partial charge in [-0.15, -0.1) is 6.58 Å². The number of amides is 1. The highest BCUT2D eigenvalue weighted by molar-refractivity contribution is 7.89. The SMILES string of the molecule is C=CCC(C)(O)C1COc2c(cn(C)c2C(=O)Nc2ccc(F)c(C#N)c2)S(=O)(=O)N1. The maximum Gasteiger partial charge on any atom is 0.276 e. The van der Waals surface area contributed by atoms with Crippen molar-refractivity contribution < 1.29 is 27.4 Å². The fourth-order valence-electron chi connectivity index (χ4n) is 3.24. The first-order chi connectivity index (χ1) is 14.5. The third-order valence-electron chi connectivity index (χ3n) is 4.95. The van der Waals surface area contributed by atoms with Gasteiger partial charge in [0.05, 0.1) is 17.2 Å². The van der Waals surface area contributed by atoms with Crippen LogP contribution in [0.1, 0.15) is 29.4 Å². The topological polar surface area (TPSA) is 133 Å². The van der Waals surface area contributed by atoms with Crippen LogP contribution in [-0.2, 0) is 17.1 Å². The molecule has 31 heavy (non-hydrogen) atoms. The number of carbonyl (C=O) groups is 1. The van der Waals surface area contributed by atoms with Gasteiger partial charge in [-0.25, -0.2) is 17.5 Å². The highest BCUT2D eigenvalue weighted by Gasteiger charge is 2.41. The number of hydrogen-bond acceptors (Lipinski definition) is 6. The number of aryl methyl sites for hydroxylation is 1. The van der Waals surface area contributed by atoms with E-state index >= 15 is 0 Å². The lowest BCUT2D eigenvalue weighted by Crippen LogP contribution is -2.52. The van der Waals surface area contributed by atoms with Gasteiger partial charge in [-0.3, -0.25) is 4.79 Å². The first-order valence-electron chi connectivity index (χ1n) is 9.19. The normalized spacial score (nSPS) is 19.1. The van der Waals surface area contributed by atoms with Crippen molar-refractivity contribution in [2.75, 3.05) is 11.9 Å². The Morgan fingerprint density at radius 1 is 1.58 bits per heavy atom. The molecule has 11 heteroatoms. The number of nitrogens with one attached hydrogen (secondary N) is 2. The first kappa shape index (κ1) is 22.5. The van der Waals surface area contributed by atoms with E-state index in [1.165, 1.54) is 36.9 Å². The molecule has 1 aliphatic rings. The van der Waals surface area contributed by atoms with Crippen molar-refractivity contribution in [1.29, 1.82) is 5.26 Å². The molecule has 2 aromatic rings. The summed E-state index contributed by atoms with van der Waals surface area (Å²) in [6.45, 7) is 4.78. The minimum atomic E-state index is -4.12. The van der Waals surface area contributed by atoms with Crippen molar-refractivity contribution in [3.8, 4) is 11.8 Å². The number of carbonyl (C=O) groups excluding carboxylic acids is 1. The molecule has 9 nitrogen and oxygen atoms in total. The number of hydrogen-bond donors (Lipinski definition) is 3. The molecule has 2 unspecified atom stereocenters. The summed E-state index contributed by atoms with van der Waals surface area (Å²) in [7, 11) is -2.64. The molecule has 3 N–H and O–H groups in total. The maximum absolute atomic E-state index is 13.5. The summed E-state index contributed by atoms with van der Waals surface area (Å²) in [6.07, 6.45) is 2.80. The number of sulfonamides is 1. The standard InChI is InChI=1S/C20H21FN4O5S/c1-4-7-20(2,27)16-11-30-18-15(31(28,29)24-16)10-25(3)17(18)19(26)23-13-5-6-14(21)12(8-13)9-22/h4-6,8,10,16,24,27H,1,7,11H2,2-3H3,(H,23,26). The quantitative estimate of drug-likeness (QED) is 0.596. The lowest BCUT2D eigenvalue weighted by Gasteiger charge is -2.30. The monoisotopic (exact) mass is 448 g/mol. The molecular formula is C20H21FN4O5S. The van der Waals surface area contributed by atoms with Crippen LogP contribution in [0.25, 0.3) is 0 Å². The van der Waals surface area contributed by atoms with E-state index in [0.29, 0.717) is 0 Å². The van der Waals surface area contributed by atoms with Gasteiger partial charge in [0.25, 0.3) is 5.91 Å². The number of halogens is 1. The van der Waals surface area contributed by atoms with Crippen molar-refractivity contribution in [2.45, 2.75) is 29.9 Å². The molecule has 3 rings (SSSR count). The molecule has 1 aliphatic heterocycles. The number of nitrogens with zero attached hydrogens (tertiary/aromatic N) is 2. The second-order valence-electron chi connectivity index (χ2n) is 7.38. The lowest BCUT2D eigenvalue weighted by molar-refractivity contribution is 0.0143. The largest absolute Gasteiger partial charge is 0.488 e. The van der Waals surface area contributed by atoms with Crippen LogP contribution >= 0.6 is 0 Å². The molecule has 0 radical (unpaired) electrons. The van der Waals surface area contributed by atoms with Gasteiger partial charge >= 0.3 is 0 Å². The van der Waals surface area contributed by atoms with E-state index in [2.05, 4.69) is 16.6 Å². The van der Waals surface area contributed by atoms with Crippen molar-refractivity contribution in [2.24, 2.45) is 7.05 Å². The second kappa shape index (κ2) is 8.14. The second-order valence-corrected chi connectivity index (χ2v) is 9.06. The Morgan fingerprint density at radius 2 is 2.29 bits per heavy atom. The zero-order chi connectivity index (χ0) is 23.0. The van der Waals surface area contributed by atoms with E-state index in [4.69, 9.17) is 10.00 Å². The molecule has 0 fully saturated rings. The zero-order valence-electron chi connectivity index (χ0n) is 16.8. The Kier molecular flexibility index (Phi) is 5.91. The number of aromatic nitrogens is 1. The molecular weight excluding hydrogens is 427 g/mol. The average Bonchev–Trinajstić information content (AvgIpc) is 2.97. The number of aliphatic hydroxyl groups is 1. The van der Waals surface area contributed by atoms with Crippen LogP contribution in [0.15, 0.2) is 41.9 Å². The van der Waals surface area contributed by atoms with Gasteiger partial charge in [0, 0.05) is 18.9 Å². The van der Waals surface area contributed by atoms with Crippen molar-refractivity contribution in [1.82, 2.24) is 9.29 Å². The average molecular weight is 448 g/mol. The van der Waals surface area contributed by atoms with Crippen LogP contribution in [0.2, 0.25) is 0 Å². The molecule has 1 amide bonds. The van der Waals surface area contributed by atoms with Gasteiger partial charge < -0.3 is 19.7 Å². The number of anilines is 1. The van der Waals surface area contributed by atoms with Gasteiger partial charge in [0.1, 0.15) is 23.4 Å². The molecule has 0 saturated heterocycles. The fraction of sp³-hybridized carbons (Fsp3) is 0.300. The van der Waals surface area contributed by atoms with E-state index in [9.17, 15) is 22.7 Å². The number of benzene rings is 1. The van der Waals surface area contributed by atoms with Crippen LogP contribution in [0.3, 0.4) is 0 Å². The van der Waals surface area contributed by atoms with Gasteiger partial charge in [-0.1, -0.05) is 6.08 Å². The molecule has 164 valence electrons. The van der Waals surface area contributed by atoms with E-state index in [0.717, 1.165) is 12.1 Å². The van der Waals surface area contributed by atoms with Gasteiger partial charge in [-0.2, -0.15) is 5.26 Å². The summed E-state index contributed by atoms with van der Waals surface area (Å²) in [5.41, 5.74) is -1.66. The van der Waals surface area contributed by atoms with Gasteiger partial charge in [0.15, 0.2) is 11.4 Å². The smallest absolute Gasteiger partial charge is 0.276 e. The molecule has 1 aromatic carbocycles. The number of nitriles is 1. The van der Waals surface area contributed by atoms with Gasteiger partial charge in [-0.05, 0) is 31.5 Å². The maximum atomic E-state index is 13.5. The minimum Gasteiger partial charge on any atom is -0.488 e. The molecule has 0 bridgehead atoms. The van der Waals surface area contributed by atoms with Crippen LogP contribution in [0.5, 0.6) is 5.75 Å². The predicted octanol–water partition coefficient (Wildman–Crippen LogP) is 1.65. The van der Waals surface area contributed by atoms with Crippen molar-refractivity contribution >= 4 is 21.6 Å². The summed E-state index contributed by atoms with van der Waals surface area (Å²) >= 11 is 0. The summed E-state index contributed by atoms with van der Waals surface area (Å²) < 4.78 is 48.6. The molecule has 2 heterocycles. The summed E-state index contributed by atoms with van der Waals surface area (Å²) in [5.74, 6) is -1.62. The summed E-state index contributed by atoms with van der Waals surface area (Å²) in [6, 6.07) is 4.17. The van der Waals surface area contributed by atoms with Crippen LogP contribution in [-0.4, -0.2) is 42.2 Å². The zero-order valence-corrected chi connectivity index (χ0v) is 17.7. The molecule has 2 atom stereocenters. The lowest BCUT2D eigenvalue weighted by atomic mass is 9.94. The van der Waals surface area contributed by atoms with Crippen LogP contribution in [0, 0.1) is 17.1 Å². The predicted molar refractivity (Wildman–Crippen MR) is 110 cm³/mol. The Bertz CT molecular complexity index is 1200. The Hall–Kier alpha value is -3.20. The summed E-state index contributed by atoms with van der Waals surface area (Å²) in [4.78, 5) is 12.6. The minimum absolute atomic E-state index is 0.0905. The Balaban J connectivity index is 1.97. The molecule has 0 saturated carbocycles. The first-order valence-corrected chi connectivity index (χ1v) is 10.7. The number of rotatable bonds is 5. The van der Waals surface area contributed by atoms with E-state index < -0.39 is 33.4 Å².